The van der Waals surface area contributed by atoms with Gasteiger partial charge in [0.1, 0.15) is 0 Å². The summed E-state index contributed by atoms with van der Waals surface area (Å²) in [6.45, 7) is 1.74. The van der Waals surface area contributed by atoms with Gasteiger partial charge in [-0.25, -0.2) is 8.78 Å². The summed E-state index contributed by atoms with van der Waals surface area (Å²) in [6, 6.07) is 0. The predicted octanol–water partition coefficient (Wildman–Crippen LogP) is 2.31. The van der Waals surface area contributed by atoms with Crippen molar-refractivity contribution in [3.8, 4) is 0 Å². The van der Waals surface area contributed by atoms with Crippen LogP contribution in [0.25, 0.3) is 0 Å². The number of H-pyrrole nitrogens is 1. The van der Waals surface area contributed by atoms with Gasteiger partial charge in [0, 0.05) is 22.7 Å². The Bertz CT molecular complexity index is 488. The number of hydrogen-bond acceptors (Lipinski definition) is 3. The summed E-state index contributed by atoms with van der Waals surface area (Å²) in [4.78, 5) is 25.5. The number of nitrogens with one attached hydrogen (secondary N) is 1. The topological polar surface area (TPSA) is 59.2 Å². The molecule has 0 radical (unpaired) electrons. The molecule has 0 spiro atoms. The lowest BCUT2D eigenvalue weighted by Gasteiger charge is -2.09. The fourth-order valence-electron chi connectivity index (χ4n) is 1.46. The number of halogens is 3. The number of esters is 1. The van der Waals surface area contributed by atoms with Gasteiger partial charge in [-0.3, -0.25) is 9.59 Å². The van der Waals surface area contributed by atoms with Crippen molar-refractivity contribution in [2.45, 2.75) is 25.1 Å². The number of aromatic nitrogens is 1. The van der Waals surface area contributed by atoms with Crippen molar-refractivity contribution in [3.05, 3.63) is 33.2 Å². The maximum atomic E-state index is 12.7. The quantitative estimate of drug-likeness (QED) is 0.668. The number of carbonyl (C=O) groups excluding carboxylic acids is 1. The van der Waals surface area contributed by atoms with E-state index in [0.717, 1.165) is 0 Å². The van der Waals surface area contributed by atoms with Gasteiger partial charge in [-0.2, -0.15) is 0 Å². The van der Waals surface area contributed by atoms with E-state index in [1.54, 1.807) is 6.92 Å². The van der Waals surface area contributed by atoms with E-state index in [9.17, 15) is 18.4 Å². The average Bonchev–Trinajstić information content (AvgIpc) is 2.31. The Morgan fingerprint density at radius 1 is 1.56 bits per heavy atom. The van der Waals surface area contributed by atoms with E-state index < -0.39 is 29.9 Å². The smallest absolute Gasteiger partial charge is 0.310 e. The Labute approximate surface area is 110 Å². The maximum Gasteiger partial charge on any atom is 0.310 e. The molecule has 0 aromatic carbocycles. The molecular weight excluding hydrogens is 312 g/mol. The van der Waals surface area contributed by atoms with Crippen LogP contribution in [-0.4, -0.2) is 17.6 Å². The highest BCUT2D eigenvalue weighted by molar-refractivity contribution is 9.08. The number of alkyl halides is 3. The fourth-order valence-corrected chi connectivity index (χ4v) is 1.88. The van der Waals surface area contributed by atoms with Gasteiger partial charge in [-0.05, 0) is 6.92 Å². The Morgan fingerprint density at radius 2 is 2.22 bits per heavy atom. The normalized spacial score (nSPS) is 10.7. The number of pyridine rings is 1. The van der Waals surface area contributed by atoms with Crippen LogP contribution in [0.4, 0.5) is 8.78 Å². The zero-order chi connectivity index (χ0) is 13.7. The van der Waals surface area contributed by atoms with Crippen LogP contribution in [-0.2, 0) is 21.3 Å². The second-order valence-corrected chi connectivity index (χ2v) is 4.01. The third-order valence-corrected chi connectivity index (χ3v) is 2.89. The van der Waals surface area contributed by atoms with E-state index in [0.29, 0.717) is 5.56 Å². The molecule has 100 valence electrons. The minimum Gasteiger partial charge on any atom is -0.466 e. The molecule has 0 atom stereocenters. The molecule has 0 aliphatic heterocycles. The van der Waals surface area contributed by atoms with Crippen LogP contribution in [0.3, 0.4) is 0 Å². The molecule has 0 unspecified atom stereocenters. The number of carbonyl (C=O) groups is 1. The Hall–Kier alpha value is -1.24. The monoisotopic (exact) mass is 323 g/mol. The molecule has 0 bridgehead atoms. The van der Waals surface area contributed by atoms with E-state index in [1.165, 1.54) is 6.20 Å². The maximum absolute atomic E-state index is 12.7. The van der Waals surface area contributed by atoms with E-state index >= 15 is 0 Å². The molecule has 1 aromatic rings. The molecule has 0 aliphatic carbocycles. The Morgan fingerprint density at radius 3 is 2.72 bits per heavy atom. The number of ether oxygens (including phenoxy) is 1. The van der Waals surface area contributed by atoms with Crippen LogP contribution in [0.1, 0.15) is 30.2 Å². The molecule has 1 aromatic heterocycles. The van der Waals surface area contributed by atoms with Crippen LogP contribution < -0.4 is 5.43 Å². The molecule has 4 nitrogen and oxygen atoms in total. The van der Waals surface area contributed by atoms with Gasteiger partial charge >= 0.3 is 5.97 Å². The first-order chi connectivity index (χ1) is 8.51. The lowest BCUT2D eigenvalue weighted by molar-refractivity contribution is -0.142. The first kappa shape index (κ1) is 14.8. The van der Waals surface area contributed by atoms with E-state index in [1.807, 2.05) is 0 Å². The minimum absolute atomic E-state index is 0.138. The summed E-state index contributed by atoms with van der Waals surface area (Å²) < 4.78 is 30.2. The molecule has 7 heteroatoms. The standard InChI is InChI=1S/C11H12BrF2NO3/c1-2-18-8(16)3-7-9(11(13)14)15-5-6(4-12)10(7)17/h5,11H,2-4H2,1H3,(H,15,17). The summed E-state index contributed by atoms with van der Waals surface area (Å²) in [6.07, 6.45) is -2.08. The molecule has 1 N–H and O–H groups in total. The van der Waals surface area contributed by atoms with Gasteiger partial charge in [0.2, 0.25) is 0 Å². The van der Waals surface area contributed by atoms with Crippen molar-refractivity contribution >= 4 is 21.9 Å². The Balaban J connectivity index is 3.20. The largest absolute Gasteiger partial charge is 0.466 e. The zero-order valence-corrected chi connectivity index (χ0v) is 11.2. The first-order valence-corrected chi connectivity index (χ1v) is 6.36. The van der Waals surface area contributed by atoms with E-state index in [2.05, 4.69) is 25.7 Å². The van der Waals surface area contributed by atoms with Gasteiger partial charge in [-0.1, -0.05) is 15.9 Å². The second-order valence-electron chi connectivity index (χ2n) is 3.45. The van der Waals surface area contributed by atoms with Crippen LogP contribution in [0.15, 0.2) is 11.0 Å². The second kappa shape index (κ2) is 6.63. The third kappa shape index (κ3) is 3.38. The van der Waals surface area contributed by atoms with Crippen LogP contribution >= 0.6 is 15.9 Å². The fraction of sp³-hybridized carbons (Fsp3) is 0.455. The third-order valence-electron chi connectivity index (χ3n) is 2.28. The van der Waals surface area contributed by atoms with Crippen molar-refractivity contribution in [2.24, 2.45) is 0 Å². The summed E-state index contributed by atoms with van der Waals surface area (Å²) >= 11 is 3.08. The van der Waals surface area contributed by atoms with Crippen molar-refractivity contribution in [2.75, 3.05) is 6.61 Å². The summed E-state index contributed by atoms with van der Waals surface area (Å²) in [5, 5.41) is 0.224. The molecular formula is C11H12BrF2NO3. The average molecular weight is 324 g/mol. The zero-order valence-electron chi connectivity index (χ0n) is 9.63. The summed E-state index contributed by atoms with van der Waals surface area (Å²) in [7, 11) is 0. The predicted molar refractivity (Wildman–Crippen MR) is 65.0 cm³/mol. The SMILES string of the molecule is CCOC(=O)Cc1c(C(F)F)[nH]cc(CBr)c1=O. The van der Waals surface area contributed by atoms with Crippen LogP contribution in [0.2, 0.25) is 0 Å². The Kier molecular flexibility index (Phi) is 5.46. The lowest BCUT2D eigenvalue weighted by Crippen LogP contribution is -2.22. The molecule has 0 amide bonds. The number of aromatic amines is 1. The summed E-state index contributed by atoms with van der Waals surface area (Å²) in [5.41, 5.74) is -1.04. The molecule has 0 saturated heterocycles. The van der Waals surface area contributed by atoms with Crippen LogP contribution in [0, 0.1) is 0 Å². The van der Waals surface area contributed by atoms with Gasteiger partial charge in [0.15, 0.2) is 5.43 Å². The highest BCUT2D eigenvalue weighted by Crippen LogP contribution is 2.19. The molecule has 18 heavy (non-hydrogen) atoms. The molecule has 1 rings (SSSR count). The van der Waals surface area contributed by atoms with Gasteiger partial charge in [0.05, 0.1) is 18.7 Å². The van der Waals surface area contributed by atoms with Crippen molar-refractivity contribution in [1.82, 2.24) is 4.98 Å². The van der Waals surface area contributed by atoms with Gasteiger partial charge in [0.25, 0.3) is 6.43 Å². The number of hydrogen-bond donors (Lipinski definition) is 1. The highest BCUT2D eigenvalue weighted by atomic mass is 79.9. The van der Waals surface area contributed by atoms with Crippen molar-refractivity contribution in [3.63, 3.8) is 0 Å². The molecule has 1 heterocycles. The highest BCUT2D eigenvalue weighted by Gasteiger charge is 2.21. The van der Waals surface area contributed by atoms with Crippen molar-refractivity contribution < 1.29 is 18.3 Å². The summed E-state index contributed by atoms with van der Waals surface area (Å²) in [5.74, 6) is -0.698. The molecule has 0 saturated carbocycles. The van der Waals surface area contributed by atoms with Gasteiger partial charge < -0.3 is 9.72 Å². The van der Waals surface area contributed by atoms with Crippen molar-refractivity contribution in [1.29, 1.82) is 0 Å². The lowest BCUT2D eigenvalue weighted by atomic mass is 10.1. The number of rotatable bonds is 5. The van der Waals surface area contributed by atoms with E-state index in [-0.39, 0.29) is 17.5 Å². The first-order valence-electron chi connectivity index (χ1n) is 5.24. The van der Waals surface area contributed by atoms with Gasteiger partial charge in [-0.15, -0.1) is 0 Å². The minimum atomic E-state index is -2.84. The van der Waals surface area contributed by atoms with Crippen LogP contribution in [0.5, 0.6) is 0 Å². The molecule has 0 fully saturated rings. The molecule has 0 aliphatic rings. The van der Waals surface area contributed by atoms with E-state index in [4.69, 9.17) is 0 Å².